The molecule has 1 aliphatic carbocycles. The summed E-state index contributed by atoms with van der Waals surface area (Å²) in [6.45, 7) is 0.211. The highest BCUT2D eigenvalue weighted by atomic mass is 19.4. The van der Waals surface area contributed by atoms with Crippen molar-refractivity contribution in [2.75, 3.05) is 6.54 Å². The fourth-order valence-corrected chi connectivity index (χ4v) is 2.70. The van der Waals surface area contributed by atoms with Crippen LogP contribution in [0.2, 0.25) is 0 Å². The first-order valence-corrected chi connectivity index (χ1v) is 6.19. The number of alkyl halides is 3. The molecular weight excluding hydrogens is 264 g/mol. The molecule has 1 aliphatic heterocycles. The summed E-state index contributed by atoms with van der Waals surface area (Å²) >= 11 is 0. The summed E-state index contributed by atoms with van der Waals surface area (Å²) in [5.41, 5.74) is 3.38. The lowest BCUT2D eigenvalue weighted by molar-refractivity contribution is -0.196. The highest BCUT2D eigenvalue weighted by Gasteiger charge is 2.68. The van der Waals surface area contributed by atoms with Gasteiger partial charge < -0.3 is 20.7 Å². The SMILES string of the molecule is N[C@@H](C(=O)N1CCC[C@H]1B(O)O)C1(C(F)(F)F)CC1. The topological polar surface area (TPSA) is 86.8 Å². The smallest absolute Gasteiger partial charge is 0.426 e. The number of halogens is 3. The Hall–Kier alpha value is -0.795. The Morgan fingerprint density at radius 1 is 1.42 bits per heavy atom. The molecule has 5 nitrogen and oxygen atoms in total. The number of rotatable bonds is 3. The molecule has 0 radical (unpaired) electrons. The molecule has 2 fully saturated rings. The van der Waals surface area contributed by atoms with Crippen molar-refractivity contribution in [2.45, 2.75) is 43.8 Å². The third-order valence-electron chi connectivity index (χ3n) is 4.14. The van der Waals surface area contributed by atoms with Gasteiger partial charge in [-0.25, -0.2) is 0 Å². The Morgan fingerprint density at radius 2 is 2.00 bits per heavy atom. The summed E-state index contributed by atoms with van der Waals surface area (Å²) in [6, 6.07) is -1.66. The van der Waals surface area contributed by atoms with E-state index in [4.69, 9.17) is 15.8 Å². The van der Waals surface area contributed by atoms with Crippen LogP contribution in [-0.4, -0.2) is 52.7 Å². The monoisotopic (exact) mass is 280 g/mol. The minimum atomic E-state index is -4.50. The molecule has 1 amide bonds. The molecule has 1 saturated carbocycles. The van der Waals surface area contributed by atoms with Crippen LogP contribution in [0.5, 0.6) is 0 Å². The second kappa shape index (κ2) is 4.64. The summed E-state index contributed by atoms with van der Waals surface area (Å²) in [5.74, 6) is -1.70. The van der Waals surface area contributed by atoms with E-state index in [0.717, 1.165) is 4.90 Å². The van der Waals surface area contributed by atoms with E-state index in [0.29, 0.717) is 12.8 Å². The quantitative estimate of drug-likeness (QED) is 0.617. The summed E-state index contributed by atoms with van der Waals surface area (Å²) < 4.78 is 38.7. The molecule has 2 aliphatic rings. The van der Waals surface area contributed by atoms with Crippen LogP contribution in [0, 0.1) is 5.41 Å². The van der Waals surface area contributed by atoms with Gasteiger partial charge in [0.15, 0.2) is 0 Å². The van der Waals surface area contributed by atoms with Gasteiger partial charge in [0.2, 0.25) is 5.91 Å². The Balaban J connectivity index is 2.12. The number of nitrogens with two attached hydrogens (primary N) is 1. The fraction of sp³-hybridized carbons (Fsp3) is 0.900. The maximum Gasteiger partial charge on any atom is 0.475 e. The van der Waals surface area contributed by atoms with E-state index >= 15 is 0 Å². The highest BCUT2D eigenvalue weighted by molar-refractivity contribution is 6.43. The Bertz CT molecular complexity index is 374. The third-order valence-corrected chi connectivity index (χ3v) is 4.14. The van der Waals surface area contributed by atoms with Crippen LogP contribution >= 0.6 is 0 Å². The van der Waals surface area contributed by atoms with E-state index in [-0.39, 0.29) is 19.4 Å². The fourth-order valence-electron chi connectivity index (χ4n) is 2.70. The van der Waals surface area contributed by atoms with Crippen LogP contribution in [0.1, 0.15) is 25.7 Å². The molecule has 0 unspecified atom stereocenters. The van der Waals surface area contributed by atoms with Gasteiger partial charge >= 0.3 is 13.3 Å². The van der Waals surface area contributed by atoms with Crippen LogP contribution in [-0.2, 0) is 4.79 Å². The molecule has 2 atom stereocenters. The molecule has 1 saturated heterocycles. The van der Waals surface area contributed by atoms with E-state index in [1.165, 1.54) is 0 Å². The van der Waals surface area contributed by atoms with Crippen molar-refractivity contribution < 1.29 is 28.0 Å². The lowest BCUT2D eigenvalue weighted by Crippen LogP contribution is -2.56. The minimum absolute atomic E-state index is 0.149. The number of carbonyl (C=O) groups is 1. The van der Waals surface area contributed by atoms with Crippen molar-refractivity contribution in [3.05, 3.63) is 0 Å². The molecule has 0 aromatic carbocycles. The van der Waals surface area contributed by atoms with E-state index in [1.807, 2.05) is 0 Å². The van der Waals surface area contributed by atoms with Crippen molar-refractivity contribution in [2.24, 2.45) is 11.1 Å². The van der Waals surface area contributed by atoms with Gasteiger partial charge in [-0.3, -0.25) is 4.79 Å². The van der Waals surface area contributed by atoms with E-state index in [2.05, 4.69) is 0 Å². The van der Waals surface area contributed by atoms with E-state index < -0.39 is 36.6 Å². The first kappa shape index (κ1) is 14.6. The molecule has 0 spiro atoms. The lowest BCUT2D eigenvalue weighted by Gasteiger charge is -2.31. The largest absolute Gasteiger partial charge is 0.475 e. The summed E-state index contributed by atoms with van der Waals surface area (Å²) in [4.78, 5) is 13.1. The molecule has 108 valence electrons. The summed E-state index contributed by atoms with van der Waals surface area (Å²) in [5, 5.41) is 18.3. The average Bonchev–Trinajstić information content (AvgIpc) is 2.98. The predicted molar refractivity (Wildman–Crippen MR) is 60.6 cm³/mol. The van der Waals surface area contributed by atoms with Crippen LogP contribution in [0.15, 0.2) is 0 Å². The molecule has 1 heterocycles. The van der Waals surface area contributed by atoms with E-state index in [1.54, 1.807) is 0 Å². The van der Waals surface area contributed by atoms with Crippen molar-refractivity contribution in [3.8, 4) is 0 Å². The summed E-state index contributed by atoms with van der Waals surface area (Å²) in [6.07, 6.45) is -3.92. The standard InChI is InChI=1S/C10H16BF3N2O3/c12-10(13,14)9(3-4-9)7(15)8(17)16-5-1-2-6(16)11(18)19/h6-7,18-19H,1-5,15H2/t6-,7-/m0/s1. The van der Waals surface area contributed by atoms with Gasteiger partial charge in [0.25, 0.3) is 0 Å². The maximum atomic E-state index is 12.9. The first-order chi connectivity index (χ1) is 8.71. The minimum Gasteiger partial charge on any atom is -0.426 e. The number of amides is 1. The number of nitrogens with zero attached hydrogens (tertiary/aromatic N) is 1. The number of hydrogen-bond acceptors (Lipinski definition) is 4. The Morgan fingerprint density at radius 3 is 2.42 bits per heavy atom. The van der Waals surface area contributed by atoms with E-state index in [9.17, 15) is 18.0 Å². The average molecular weight is 280 g/mol. The van der Waals surface area contributed by atoms with Crippen LogP contribution in [0.4, 0.5) is 13.2 Å². The molecule has 0 aromatic rings. The van der Waals surface area contributed by atoms with Crippen molar-refractivity contribution in [3.63, 3.8) is 0 Å². The zero-order chi connectivity index (χ0) is 14.4. The maximum absolute atomic E-state index is 12.9. The van der Waals surface area contributed by atoms with Gasteiger partial charge in [0, 0.05) is 6.54 Å². The van der Waals surface area contributed by atoms with Gasteiger partial charge in [-0.05, 0) is 25.7 Å². The van der Waals surface area contributed by atoms with Crippen molar-refractivity contribution in [1.82, 2.24) is 4.90 Å². The predicted octanol–water partition coefficient (Wildman–Crippen LogP) is -0.341. The second-order valence-electron chi connectivity index (χ2n) is 5.29. The van der Waals surface area contributed by atoms with Crippen molar-refractivity contribution >= 4 is 13.0 Å². The number of carbonyl (C=O) groups excluding carboxylic acids is 1. The van der Waals surface area contributed by atoms with Gasteiger partial charge in [0.05, 0.1) is 17.4 Å². The molecule has 4 N–H and O–H groups in total. The number of hydrogen-bond donors (Lipinski definition) is 3. The number of likely N-dealkylation sites (tertiary alicyclic amines) is 1. The van der Waals surface area contributed by atoms with Crippen molar-refractivity contribution in [1.29, 1.82) is 0 Å². The van der Waals surface area contributed by atoms with Gasteiger partial charge in [-0.2, -0.15) is 13.2 Å². The summed E-state index contributed by atoms with van der Waals surface area (Å²) in [7, 11) is -1.75. The molecule has 0 aromatic heterocycles. The molecule has 19 heavy (non-hydrogen) atoms. The van der Waals surface area contributed by atoms with Gasteiger partial charge in [-0.15, -0.1) is 0 Å². The molecule has 9 heteroatoms. The Kier molecular flexibility index (Phi) is 3.57. The highest BCUT2D eigenvalue weighted by Crippen LogP contribution is 2.59. The van der Waals surface area contributed by atoms with Gasteiger partial charge in [0.1, 0.15) is 0 Å². The second-order valence-corrected chi connectivity index (χ2v) is 5.29. The molecular formula is C10H16BF3N2O3. The van der Waals surface area contributed by atoms with Gasteiger partial charge in [-0.1, -0.05) is 0 Å². The Labute approximate surface area is 108 Å². The van der Waals surface area contributed by atoms with Crippen LogP contribution in [0.25, 0.3) is 0 Å². The zero-order valence-electron chi connectivity index (χ0n) is 10.2. The van der Waals surface area contributed by atoms with Crippen LogP contribution < -0.4 is 5.73 Å². The first-order valence-electron chi connectivity index (χ1n) is 6.19. The molecule has 2 rings (SSSR count). The zero-order valence-corrected chi connectivity index (χ0v) is 10.2. The lowest BCUT2D eigenvalue weighted by atomic mass is 9.77. The van der Waals surface area contributed by atoms with Crippen LogP contribution in [0.3, 0.4) is 0 Å². The third kappa shape index (κ3) is 2.34. The normalized spacial score (nSPS) is 27.3. The molecule has 0 bridgehead atoms.